The second-order valence-corrected chi connectivity index (χ2v) is 7.25. The predicted octanol–water partition coefficient (Wildman–Crippen LogP) is 1.46. The van der Waals surface area contributed by atoms with Crippen molar-refractivity contribution < 1.29 is 19.5 Å². The van der Waals surface area contributed by atoms with Gasteiger partial charge in [-0.15, -0.1) is 11.3 Å². The van der Waals surface area contributed by atoms with E-state index < -0.39 is 12.0 Å². The summed E-state index contributed by atoms with van der Waals surface area (Å²) in [5, 5.41) is 12.8. The first kappa shape index (κ1) is 18.4. The van der Waals surface area contributed by atoms with Crippen molar-refractivity contribution >= 4 is 29.1 Å². The number of amides is 2. The van der Waals surface area contributed by atoms with Gasteiger partial charge in [-0.2, -0.15) is 0 Å². The molecule has 7 nitrogen and oxygen atoms in total. The molecule has 1 heterocycles. The fourth-order valence-electron chi connectivity index (χ4n) is 2.39. The van der Waals surface area contributed by atoms with Crippen molar-refractivity contribution in [2.75, 3.05) is 13.1 Å². The van der Waals surface area contributed by atoms with Gasteiger partial charge in [-0.25, -0.2) is 9.78 Å². The number of carboxylic acids is 1. The molecule has 132 valence electrons. The number of carbonyl (C=O) groups excluding carboxylic acids is 2. The Morgan fingerprint density at radius 2 is 2.08 bits per heavy atom. The first-order valence-corrected chi connectivity index (χ1v) is 8.85. The molecular weight excluding hydrogens is 330 g/mol. The summed E-state index contributed by atoms with van der Waals surface area (Å²) < 4.78 is 0. The lowest BCUT2D eigenvalue weighted by Gasteiger charge is -2.26. The predicted molar refractivity (Wildman–Crippen MR) is 90.1 cm³/mol. The number of thiazole rings is 1. The first-order chi connectivity index (χ1) is 11.3. The molecular formula is C16H23N3O4S. The Morgan fingerprint density at radius 1 is 1.42 bits per heavy atom. The maximum atomic E-state index is 12.8. The smallest absolute Gasteiger partial charge is 0.326 e. The van der Waals surface area contributed by atoms with Crippen LogP contribution < -0.4 is 5.32 Å². The van der Waals surface area contributed by atoms with E-state index in [2.05, 4.69) is 10.3 Å². The summed E-state index contributed by atoms with van der Waals surface area (Å²) in [6.45, 7) is 4.98. The molecule has 1 fully saturated rings. The SMILES string of the molecule is CC(=O)NCCN(C(=O)c1sc(CC2CC2)nc1C)C(C)C(=O)O. The van der Waals surface area contributed by atoms with Crippen LogP contribution in [0.25, 0.3) is 0 Å². The number of rotatable bonds is 8. The minimum Gasteiger partial charge on any atom is -0.480 e. The van der Waals surface area contributed by atoms with Gasteiger partial charge in [0.15, 0.2) is 0 Å². The number of aliphatic carboxylic acids is 1. The van der Waals surface area contributed by atoms with Crippen LogP contribution in [0, 0.1) is 12.8 Å². The molecule has 1 atom stereocenters. The molecule has 0 saturated heterocycles. The summed E-state index contributed by atoms with van der Waals surface area (Å²) in [6.07, 6.45) is 3.31. The molecule has 1 aliphatic rings. The fraction of sp³-hybridized carbons (Fsp3) is 0.625. The van der Waals surface area contributed by atoms with E-state index in [1.807, 2.05) is 0 Å². The van der Waals surface area contributed by atoms with Crippen LogP contribution in [-0.4, -0.2) is 51.9 Å². The second-order valence-electron chi connectivity index (χ2n) is 6.17. The highest BCUT2D eigenvalue weighted by molar-refractivity contribution is 7.13. The highest BCUT2D eigenvalue weighted by atomic mass is 32.1. The zero-order valence-corrected chi connectivity index (χ0v) is 15.0. The van der Waals surface area contributed by atoms with Gasteiger partial charge in [-0.05, 0) is 32.6 Å². The molecule has 8 heteroatoms. The number of carbonyl (C=O) groups is 3. The largest absolute Gasteiger partial charge is 0.480 e. The van der Waals surface area contributed by atoms with E-state index in [1.54, 1.807) is 6.92 Å². The van der Waals surface area contributed by atoms with E-state index in [9.17, 15) is 19.5 Å². The van der Waals surface area contributed by atoms with Crippen molar-refractivity contribution in [1.82, 2.24) is 15.2 Å². The molecule has 1 aromatic rings. The van der Waals surface area contributed by atoms with Crippen LogP contribution in [-0.2, 0) is 16.0 Å². The number of hydrogen-bond acceptors (Lipinski definition) is 5. The minimum atomic E-state index is -1.08. The van der Waals surface area contributed by atoms with E-state index in [1.165, 1.54) is 42.9 Å². The van der Waals surface area contributed by atoms with Crippen LogP contribution >= 0.6 is 11.3 Å². The van der Waals surface area contributed by atoms with Crippen LogP contribution in [0.1, 0.15) is 47.1 Å². The molecule has 0 aliphatic heterocycles. The molecule has 0 aromatic carbocycles. The maximum Gasteiger partial charge on any atom is 0.326 e. The lowest BCUT2D eigenvalue weighted by atomic mass is 10.2. The third-order valence-electron chi connectivity index (χ3n) is 4.01. The summed E-state index contributed by atoms with van der Waals surface area (Å²) in [6, 6.07) is -0.973. The van der Waals surface area contributed by atoms with E-state index in [0.717, 1.165) is 11.4 Å². The highest BCUT2D eigenvalue weighted by Crippen LogP contribution is 2.34. The number of hydrogen-bond donors (Lipinski definition) is 2. The van der Waals surface area contributed by atoms with E-state index in [0.29, 0.717) is 16.5 Å². The third kappa shape index (κ3) is 4.77. The number of aromatic nitrogens is 1. The Balaban J connectivity index is 2.14. The number of nitrogens with zero attached hydrogens (tertiary/aromatic N) is 2. The van der Waals surface area contributed by atoms with Crippen molar-refractivity contribution in [3.63, 3.8) is 0 Å². The van der Waals surface area contributed by atoms with Crippen molar-refractivity contribution in [3.8, 4) is 0 Å². The van der Waals surface area contributed by atoms with Crippen molar-refractivity contribution in [2.45, 2.75) is 46.1 Å². The average Bonchev–Trinajstić information content (AvgIpc) is 3.23. The molecule has 2 rings (SSSR count). The van der Waals surface area contributed by atoms with Gasteiger partial charge in [0.05, 0.1) is 10.7 Å². The lowest BCUT2D eigenvalue weighted by molar-refractivity contribution is -0.141. The van der Waals surface area contributed by atoms with Gasteiger partial charge in [0.25, 0.3) is 5.91 Å². The zero-order chi connectivity index (χ0) is 17.9. The molecule has 0 spiro atoms. The van der Waals surface area contributed by atoms with Gasteiger partial charge in [-0.3, -0.25) is 9.59 Å². The highest BCUT2D eigenvalue weighted by Gasteiger charge is 2.30. The standard InChI is InChI=1S/C16H23N3O4S/c1-9-14(24-13(18-9)8-12-4-5-12)15(21)19(10(2)16(22)23)7-6-17-11(3)20/h10,12H,4-8H2,1-3H3,(H,17,20)(H,22,23). The van der Waals surface area contributed by atoms with Crippen LogP contribution in [0.15, 0.2) is 0 Å². The number of carboxylic acid groups (broad SMARTS) is 1. The van der Waals surface area contributed by atoms with Gasteiger partial charge < -0.3 is 15.3 Å². The number of nitrogens with one attached hydrogen (secondary N) is 1. The monoisotopic (exact) mass is 353 g/mol. The Bertz CT molecular complexity index is 639. The molecule has 0 bridgehead atoms. The Hall–Kier alpha value is -1.96. The van der Waals surface area contributed by atoms with Gasteiger partial charge in [0.2, 0.25) is 5.91 Å². The summed E-state index contributed by atoms with van der Waals surface area (Å²) in [7, 11) is 0. The van der Waals surface area contributed by atoms with Crippen molar-refractivity contribution in [1.29, 1.82) is 0 Å². The summed E-state index contributed by atoms with van der Waals surface area (Å²) >= 11 is 1.35. The Kier molecular flexibility index (Phi) is 5.93. The molecule has 2 N–H and O–H groups in total. The van der Waals surface area contributed by atoms with E-state index in [4.69, 9.17) is 0 Å². The quantitative estimate of drug-likeness (QED) is 0.737. The zero-order valence-electron chi connectivity index (χ0n) is 14.2. The first-order valence-electron chi connectivity index (χ1n) is 8.04. The minimum absolute atomic E-state index is 0.140. The summed E-state index contributed by atoms with van der Waals surface area (Å²) in [4.78, 5) is 41.4. The lowest BCUT2D eigenvalue weighted by Crippen LogP contribution is -2.46. The summed E-state index contributed by atoms with van der Waals surface area (Å²) in [5.74, 6) is -0.961. The van der Waals surface area contributed by atoms with E-state index in [-0.39, 0.29) is 24.9 Å². The topological polar surface area (TPSA) is 99.6 Å². The van der Waals surface area contributed by atoms with Crippen LogP contribution in [0.5, 0.6) is 0 Å². The van der Waals surface area contributed by atoms with Gasteiger partial charge in [-0.1, -0.05) is 0 Å². The van der Waals surface area contributed by atoms with Crippen LogP contribution in [0.2, 0.25) is 0 Å². The Morgan fingerprint density at radius 3 is 2.62 bits per heavy atom. The van der Waals surface area contributed by atoms with Gasteiger partial charge >= 0.3 is 5.97 Å². The molecule has 24 heavy (non-hydrogen) atoms. The van der Waals surface area contributed by atoms with Crippen molar-refractivity contribution in [2.24, 2.45) is 5.92 Å². The number of aryl methyl sites for hydroxylation is 1. The third-order valence-corrected chi connectivity index (χ3v) is 5.18. The molecule has 1 unspecified atom stereocenters. The maximum absolute atomic E-state index is 12.8. The molecule has 1 aromatic heterocycles. The Labute approximate surface area is 145 Å². The van der Waals surface area contributed by atoms with Crippen molar-refractivity contribution in [3.05, 3.63) is 15.6 Å². The molecule has 1 saturated carbocycles. The molecule has 2 amide bonds. The summed E-state index contributed by atoms with van der Waals surface area (Å²) in [5.41, 5.74) is 0.641. The molecule has 0 radical (unpaired) electrons. The fourth-order valence-corrected chi connectivity index (χ4v) is 3.53. The van der Waals surface area contributed by atoms with Gasteiger partial charge in [0, 0.05) is 26.4 Å². The van der Waals surface area contributed by atoms with Gasteiger partial charge in [0.1, 0.15) is 10.9 Å². The van der Waals surface area contributed by atoms with Crippen LogP contribution in [0.3, 0.4) is 0 Å². The molecule has 1 aliphatic carbocycles. The van der Waals surface area contributed by atoms with Crippen LogP contribution in [0.4, 0.5) is 0 Å². The average molecular weight is 353 g/mol. The van der Waals surface area contributed by atoms with E-state index >= 15 is 0 Å². The normalized spacial score (nSPS) is 15.0. The second kappa shape index (κ2) is 7.74.